The highest BCUT2D eigenvalue weighted by molar-refractivity contribution is 9.12. The van der Waals surface area contributed by atoms with Crippen LogP contribution in [0.15, 0.2) is 13.6 Å². The molecule has 68 valence electrons. The molecule has 0 aliphatic carbocycles. The average molecular weight is 314 g/mol. The Morgan fingerprint density at radius 1 is 1.50 bits per heavy atom. The van der Waals surface area contributed by atoms with E-state index in [1.165, 1.54) is 9.35 Å². The van der Waals surface area contributed by atoms with E-state index < -0.39 is 0 Å². The summed E-state index contributed by atoms with van der Waals surface area (Å²) >= 11 is 8.60. The minimum Gasteiger partial charge on any atom is -0.329 e. The number of hydrogen-bond donors (Lipinski definition) is 2. The Labute approximate surface area is 92.8 Å². The summed E-state index contributed by atoms with van der Waals surface area (Å²) in [6.07, 6.45) is 0. The van der Waals surface area contributed by atoms with E-state index in [4.69, 9.17) is 5.73 Å². The maximum atomic E-state index is 5.36. The molecule has 1 rings (SSSR count). The molecule has 0 radical (unpaired) electrons. The molecule has 0 spiro atoms. The third-order valence-electron chi connectivity index (χ3n) is 1.36. The van der Waals surface area contributed by atoms with E-state index in [0.717, 1.165) is 16.9 Å². The normalized spacial score (nSPS) is 10.6. The third-order valence-corrected chi connectivity index (χ3v) is 3.83. The molecule has 0 aliphatic heterocycles. The second-order valence-electron chi connectivity index (χ2n) is 2.31. The van der Waals surface area contributed by atoms with Gasteiger partial charge in [0, 0.05) is 19.6 Å². The summed E-state index contributed by atoms with van der Waals surface area (Å²) in [6, 6.07) is 2.11. The van der Waals surface area contributed by atoms with Gasteiger partial charge < -0.3 is 11.1 Å². The van der Waals surface area contributed by atoms with Gasteiger partial charge in [0.15, 0.2) is 0 Å². The van der Waals surface area contributed by atoms with E-state index in [1.807, 2.05) is 0 Å². The Bertz CT molecular complexity index is 250. The summed E-state index contributed by atoms with van der Waals surface area (Å²) in [5.74, 6) is 0. The molecule has 0 bridgehead atoms. The van der Waals surface area contributed by atoms with Gasteiger partial charge in [-0.25, -0.2) is 0 Å². The van der Waals surface area contributed by atoms with Gasteiger partial charge in [0.1, 0.15) is 0 Å². The second-order valence-corrected chi connectivity index (χ2v) is 6.06. The van der Waals surface area contributed by atoms with Crippen LogP contribution in [-0.2, 0) is 6.54 Å². The minimum atomic E-state index is 0.683. The molecule has 0 aliphatic rings. The first-order valence-electron chi connectivity index (χ1n) is 3.58. The van der Waals surface area contributed by atoms with Crippen molar-refractivity contribution in [2.24, 2.45) is 5.73 Å². The van der Waals surface area contributed by atoms with Crippen molar-refractivity contribution in [1.29, 1.82) is 0 Å². The number of rotatable bonds is 4. The molecule has 2 nitrogen and oxygen atoms in total. The van der Waals surface area contributed by atoms with E-state index in [1.54, 1.807) is 11.3 Å². The summed E-state index contributed by atoms with van der Waals surface area (Å²) in [5, 5.41) is 3.24. The molecule has 1 aromatic rings. The molecule has 0 amide bonds. The van der Waals surface area contributed by atoms with Crippen molar-refractivity contribution in [3.63, 3.8) is 0 Å². The first-order chi connectivity index (χ1) is 5.74. The summed E-state index contributed by atoms with van der Waals surface area (Å²) < 4.78 is 2.33. The summed E-state index contributed by atoms with van der Waals surface area (Å²) in [7, 11) is 0. The molecule has 0 aromatic carbocycles. The second kappa shape index (κ2) is 5.34. The van der Waals surface area contributed by atoms with Crippen molar-refractivity contribution in [2.45, 2.75) is 6.54 Å². The van der Waals surface area contributed by atoms with Crippen molar-refractivity contribution in [3.8, 4) is 0 Å². The van der Waals surface area contributed by atoms with E-state index in [-0.39, 0.29) is 0 Å². The lowest BCUT2D eigenvalue weighted by Crippen LogP contribution is -2.21. The fraction of sp³-hybridized carbons (Fsp3) is 0.429. The molecular formula is C7H10Br2N2S. The monoisotopic (exact) mass is 312 g/mol. The lowest BCUT2D eigenvalue weighted by Gasteiger charge is -2.00. The largest absolute Gasteiger partial charge is 0.329 e. The highest BCUT2D eigenvalue weighted by atomic mass is 79.9. The van der Waals surface area contributed by atoms with Crippen LogP contribution < -0.4 is 11.1 Å². The maximum Gasteiger partial charge on any atom is 0.0755 e. The zero-order chi connectivity index (χ0) is 8.97. The highest BCUT2D eigenvalue weighted by Crippen LogP contribution is 2.31. The molecule has 0 unspecified atom stereocenters. The predicted molar refractivity (Wildman–Crippen MR) is 60.5 cm³/mol. The molecule has 0 fully saturated rings. The van der Waals surface area contributed by atoms with Gasteiger partial charge in [0.2, 0.25) is 0 Å². The van der Waals surface area contributed by atoms with Crippen molar-refractivity contribution < 1.29 is 0 Å². The molecule has 5 heteroatoms. The smallest absolute Gasteiger partial charge is 0.0755 e. The first kappa shape index (κ1) is 10.7. The maximum absolute atomic E-state index is 5.36. The van der Waals surface area contributed by atoms with E-state index >= 15 is 0 Å². The summed E-state index contributed by atoms with van der Waals surface area (Å²) in [4.78, 5) is 0. The number of nitrogens with one attached hydrogen (secondary N) is 1. The van der Waals surface area contributed by atoms with Gasteiger partial charge in [-0.3, -0.25) is 0 Å². The van der Waals surface area contributed by atoms with Crippen LogP contribution in [0, 0.1) is 0 Å². The van der Waals surface area contributed by atoms with Crippen molar-refractivity contribution in [2.75, 3.05) is 13.1 Å². The number of thiophene rings is 1. The molecule has 0 saturated carbocycles. The Hall–Kier alpha value is 0.580. The summed E-state index contributed by atoms with van der Waals surface area (Å²) in [5.41, 5.74) is 6.63. The van der Waals surface area contributed by atoms with E-state index in [9.17, 15) is 0 Å². The van der Waals surface area contributed by atoms with Gasteiger partial charge >= 0.3 is 0 Å². The predicted octanol–water partition coefficient (Wildman–Crippen LogP) is 2.32. The van der Waals surface area contributed by atoms with Crippen LogP contribution in [0.1, 0.15) is 5.56 Å². The van der Waals surface area contributed by atoms with Crippen LogP contribution in [0.3, 0.4) is 0 Å². The fourth-order valence-corrected chi connectivity index (χ4v) is 3.65. The van der Waals surface area contributed by atoms with Crippen LogP contribution in [0.25, 0.3) is 0 Å². The van der Waals surface area contributed by atoms with Gasteiger partial charge in [-0.1, -0.05) is 0 Å². The van der Waals surface area contributed by atoms with Crippen LogP contribution in [0.5, 0.6) is 0 Å². The molecule has 3 N–H and O–H groups in total. The highest BCUT2D eigenvalue weighted by Gasteiger charge is 2.03. The molecular weight excluding hydrogens is 304 g/mol. The summed E-state index contributed by atoms with van der Waals surface area (Å²) in [6.45, 7) is 2.42. The molecule has 1 aromatic heterocycles. The van der Waals surface area contributed by atoms with Crippen molar-refractivity contribution >= 4 is 43.2 Å². The lowest BCUT2D eigenvalue weighted by atomic mass is 10.3. The van der Waals surface area contributed by atoms with Crippen LogP contribution in [0.2, 0.25) is 0 Å². The SMILES string of the molecule is NCCNCc1cc(Br)sc1Br. The van der Waals surface area contributed by atoms with Gasteiger partial charge in [0.25, 0.3) is 0 Å². The number of halogens is 2. The standard InChI is InChI=1S/C7H10Br2N2S/c8-6-3-5(7(9)12-6)4-11-2-1-10/h3,11H,1-2,4,10H2. The zero-order valence-electron chi connectivity index (χ0n) is 6.44. The first-order valence-corrected chi connectivity index (χ1v) is 5.98. The Morgan fingerprint density at radius 3 is 2.75 bits per heavy atom. The molecule has 0 atom stereocenters. The third kappa shape index (κ3) is 3.14. The minimum absolute atomic E-state index is 0.683. The van der Waals surface area contributed by atoms with Gasteiger partial charge in [-0.15, -0.1) is 11.3 Å². The van der Waals surface area contributed by atoms with E-state index in [0.29, 0.717) is 6.54 Å². The molecule has 1 heterocycles. The van der Waals surface area contributed by atoms with Crippen LogP contribution in [0.4, 0.5) is 0 Å². The molecule has 0 saturated heterocycles. The Balaban J connectivity index is 2.45. The van der Waals surface area contributed by atoms with Gasteiger partial charge in [-0.2, -0.15) is 0 Å². The van der Waals surface area contributed by atoms with Gasteiger partial charge in [-0.05, 0) is 43.5 Å². The average Bonchev–Trinajstić information content (AvgIpc) is 2.31. The number of hydrogen-bond acceptors (Lipinski definition) is 3. The Kier molecular flexibility index (Phi) is 4.74. The lowest BCUT2D eigenvalue weighted by molar-refractivity contribution is 0.695. The quantitative estimate of drug-likeness (QED) is 0.837. The van der Waals surface area contributed by atoms with Crippen molar-refractivity contribution in [3.05, 3.63) is 19.2 Å². The number of nitrogens with two attached hydrogens (primary N) is 1. The topological polar surface area (TPSA) is 38.0 Å². The van der Waals surface area contributed by atoms with Crippen LogP contribution in [-0.4, -0.2) is 13.1 Å². The fourth-order valence-electron chi connectivity index (χ4n) is 0.820. The van der Waals surface area contributed by atoms with E-state index in [2.05, 4.69) is 43.2 Å². The van der Waals surface area contributed by atoms with Gasteiger partial charge in [0.05, 0.1) is 7.57 Å². The van der Waals surface area contributed by atoms with Crippen molar-refractivity contribution in [1.82, 2.24) is 5.32 Å². The van der Waals surface area contributed by atoms with Crippen LogP contribution >= 0.6 is 43.2 Å². The molecule has 12 heavy (non-hydrogen) atoms. The Morgan fingerprint density at radius 2 is 2.25 bits per heavy atom. The zero-order valence-corrected chi connectivity index (χ0v) is 10.4.